The molecular formula is C17H34N2O. The standard InChI is InChI=1S/C17H34N2O/c1-4-16-9-8-14(3)19(16)12-10-15-7-6-11-17(15,13-20)18-5-2/h14-16,18,20H,4-13H2,1-3H3. The van der Waals surface area contributed by atoms with Crippen molar-refractivity contribution < 1.29 is 5.11 Å². The second kappa shape index (κ2) is 7.24. The third-order valence-electron chi connectivity index (χ3n) is 5.93. The zero-order chi connectivity index (χ0) is 14.6. The Balaban J connectivity index is 1.92. The van der Waals surface area contributed by atoms with Crippen LogP contribution >= 0.6 is 0 Å². The molecule has 2 rings (SSSR count). The summed E-state index contributed by atoms with van der Waals surface area (Å²) in [5.74, 6) is 0.651. The Kier molecular flexibility index (Phi) is 5.88. The van der Waals surface area contributed by atoms with Crippen molar-refractivity contribution in [3.05, 3.63) is 0 Å². The summed E-state index contributed by atoms with van der Waals surface area (Å²) >= 11 is 0. The molecule has 4 unspecified atom stereocenters. The van der Waals surface area contributed by atoms with Crippen LogP contribution in [-0.2, 0) is 0 Å². The molecule has 1 saturated carbocycles. The van der Waals surface area contributed by atoms with Gasteiger partial charge in [0, 0.05) is 17.6 Å². The summed E-state index contributed by atoms with van der Waals surface area (Å²) in [6.07, 6.45) is 8.97. The fourth-order valence-electron chi connectivity index (χ4n) is 4.69. The minimum Gasteiger partial charge on any atom is -0.394 e. The third-order valence-corrected chi connectivity index (χ3v) is 5.93. The molecule has 20 heavy (non-hydrogen) atoms. The van der Waals surface area contributed by atoms with Crippen molar-refractivity contribution in [2.24, 2.45) is 5.92 Å². The molecule has 3 nitrogen and oxygen atoms in total. The average molecular weight is 282 g/mol. The lowest BCUT2D eigenvalue weighted by atomic mass is 9.85. The van der Waals surface area contributed by atoms with Crippen LogP contribution in [0.3, 0.4) is 0 Å². The Hall–Kier alpha value is -0.120. The predicted molar refractivity (Wildman–Crippen MR) is 84.9 cm³/mol. The van der Waals surface area contributed by atoms with Gasteiger partial charge in [-0.15, -0.1) is 0 Å². The second-order valence-electron chi connectivity index (χ2n) is 6.95. The van der Waals surface area contributed by atoms with Crippen molar-refractivity contribution in [1.29, 1.82) is 0 Å². The number of likely N-dealkylation sites (N-methyl/N-ethyl adjacent to an activating group) is 1. The second-order valence-corrected chi connectivity index (χ2v) is 6.95. The smallest absolute Gasteiger partial charge is 0.0616 e. The van der Waals surface area contributed by atoms with Gasteiger partial charge in [-0.2, -0.15) is 0 Å². The number of rotatable bonds is 7. The van der Waals surface area contributed by atoms with Gasteiger partial charge in [0.15, 0.2) is 0 Å². The largest absolute Gasteiger partial charge is 0.394 e. The molecule has 0 bridgehead atoms. The SMILES string of the molecule is CCNC1(CO)CCCC1CCN1C(C)CCC1CC. The first-order valence-corrected chi connectivity index (χ1v) is 8.78. The molecule has 3 heteroatoms. The molecule has 0 aromatic heterocycles. The summed E-state index contributed by atoms with van der Waals surface area (Å²) in [7, 11) is 0. The van der Waals surface area contributed by atoms with Gasteiger partial charge in [-0.05, 0) is 64.5 Å². The highest BCUT2D eigenvalue weighted by Gasteiger charge is 2.42. The van der Waals surface area contributed by atoms with E-state index < -0.39 is 0 Å². The molecule has 118 valence electrons. The van der Waals surface area contributed by atoms with E-state index in [-0.39, 0.29) is 5.54 Å². The summed E-state index contributed by atoms with van der Waals surface area (Å²) in [6, 6.07) is 1.55. The number of nitrogens with one attached hydrogen (secondary N) is 1. The maximum Gasteiger partial charge on any atom is 0.0616 e. The fraction of sp³-hybridized carbons (Fsp3) is 1.00. The normalized spacial score (nSPS) is 38.7. The van der Waals surface area contributed by atoms with Crippen molar-refractivity contribution >= 4 is 0 Å². The summed E-state index contributed by atoms with van der Waals surface area (Å²) in [5.41, 5.74) is 0.0133. The first-order chi connectivity index (χ1) is 9.66. The fourth-order valence-corrected chi connectivity index (χ4v) is 4.69. The van der Waals surface area contributed by atoms with Crippen LogP contribution in [-0.4, -0.2) is 47.3 Å². The first kappa shape index (κ1) is 16.3. The van der Waals surface area contributed by atoms with Gasteiger partial charge >= 0.3 is 0 Å². The van der Waals surface area contributed by atoms with Gasteiger partial charge in [0.1, 0.15) is 0 Å². The molecule has 1 aliphatic heterocycles. The van der Waals surface area contributed by atoms with Crippen molar-refractivity contribution in [3.63, 3.8) is 0 Å². The van der Waals surface area contributed by atoms with Gasteiger partial charge < -0.3 is 10.4 Å². The molecule has 2 N–H and O–H groups in total. The van der Waals surface area contributed by atoms with Crippen molar-refractivity contribution in [2.75, 3.05) is 19.7 Å². The van der Waals surface area contributed by atoms with E-state index in [1.807, 2.05) is 0 Å². The molecule has 1 heterocycles. The molecule has 4 atom stereocenters. The Morgan fingerprint density at radius 2 is 2.05 bits per heavy atom. The lowest BCUT2D eigenvalue weighted by Crippen LogP contribution is -2.52. The van der Waals surface area contributed by atoms with E-state index in [0.717, 1.165) is 25.0 Å². The maximum absolute atomic E-state index is 9.88. The number of likely N-dealkylation sites (tertiary alicyclic amines) is 1. The average Bonchev–Trinajstić information content (AvgIpc) is 3.01. The summed E-state index contributed by atoms with van der Waals surface area (Å²) < 4.78 is 0. The predicted octanol–water partition coefficient (Wildman–Crippen LogP) is 2.78. The summed E-state index contributed by atoms with van der Waals surface area (Å²) in [6.45, 7) is 9.35. The number of hydrogen-bond donors (Lipinski definition) is 2. The van der Waals surface area contributed by atoms with Crippen LogP contribution < -0.4 is 5.32 Å². The molecule has 0 aromatic rings. The number of aliphatic hydroxyl groups excluding tert-OH is 1. The highest BCUT2D eigenvalue weighted by Crippen LogP contribution is 2.38. The van der Waals surface area contributed by atoms with Crippen LogP contribution in [0.25, 0.3) is 0 Å². The van der Waals surface area contributed by atoms with Gasteiger partial charge in [-0.3, -0.25) is 4.90 Å². The van der Waals surface area contributed by atoms with Crippen LogP contribution in [0.5, 0.6) is 0 Å². The quantitative estimate of drug-likeness (QED) is 0.754. The minimum absolute atomic E-state index is 0.0133. The van der Waals surface area contributed by atoms with Gasteiger partial charge in [0.05, 0.1) is 6.61 Å². The van der Waals surface area contributed by atoms with E-state index in [1.54, 1.807) is 0 Å². The van der Waals surface area contributed by atoms with E-state index in [9.17, 15) is 5.11 Å². The van der Waals surface area contributed by atoms with Crippen LogP contribution in [0.15, 0.2) is 0 Å². The van der Waals surface area contributed by atoms with Crippen LogP contribution in [0, 0.1) is 5.92 Å². The Bertz CT molecular complexity index is 297. The topological polar surface area (TPSA) is 35.5 Å². The molecule has 2 fully saturated rings. The van der Waals surface area contributed by atoms with Crippen LogP contribution in [0.2, 0.25) is 0 Å². The molecular weight excluding hydrogens is 248 g/mol. The number of nitrogens with zero attached hydrogens (tertiary/aromatic N) is 1. The highest BCUT2D eigenvalue weighted by atomic mass is 16.3. The maximum atomic E-state index is 9.88. The van der Waals surface area contributed by atoms with Crippen LogP contribution in [0.4, 0.5) is 0 Å². The van der Waals surface area contributed by atoms with Crippen molar-refractivity contribution in [2.45, 2.75) is 83.3 Å². The monoisotopic (exact) mass is 282 g/mol. The van der Waals surface area contributed by atoms with Crippen LogP contribution in [0.1, 0.15) is 65.7 Å². The lowest BCUT2D eigenvalue weighted by molar-refractivity contribution is 0.105. The summed E-state index contributed by atoms with van der Waals surface area (Å²) in [5, 5.41) is 13.5. The van der Waals surface area contributed by atoms with Crippen molar-refractivity contribution in [3.8, 4) is 0 Å². The molecule has 0 spiro atoms. The van der Waals surface area contributed by atoms with E-state index in [2.05, 4.69) is 31.0 Å². The number of hydrogen-bond acceptors (Lipinski definition) is 3. The first-order valence-electron chi connectivity index (χ1n) is 8.78. The van der Waals surface area contributed by atoms with Crippen molar-refractivity contribution in [1.82, 2.24) is 10.2 Å². The Morgan fingerprint density at radius 1 is 1.25 bits per heavy atom. The van der Waals surface area contributed by atoms with Gasteiger partial charge in [0.2, 0.25) is 0 Å². The number of aliphatic hydroxyl groups is 1. The van der Waals surface area contributed by atoms with E-state index in [4.69, 9.17) is 0 Å². The molecule has 1 saturated heterocycles. The summed E-state index contributed by atoms with van der Waals surface area (Å²) in [4.78, 5) is 2.73. The van der Waals surface area contributed by atoms with E-state index in [1.165, 1.54) is 45.1 Å². The lowest BCUT2D eigenvalue weighted by Gasteiger charge is -2.37. The Labute approximate surface area is 125 Å². The third kappa shape index (κ3) is 3.20. The Morgan fingerprint density at radius 3 is 2.70 bits per heavy atom. The molecule has 0 amide bonds. The molecule has 0 aromatic carbocycles. The molecule has 1 aliphatic carbocycles. The zero-order valence-corrected chi connectivity index (χ0v) is 13.7. The highest BCUT2D eigenvalue weighted by molar-refractivity contribution is 4.99. The molecule has 0 radical (unpaired) electrons. The zero-order valence-electron chi connectivity index (χ0n) is 13.7. The van der Waals surface area contributed by atoms with Gasteiger partial charge in [-0.1, -0.05) is 20.3 Å². The van der Waals surface area contributed by atoms with E-state index in [0.29, 0.717) is 12.5 Å². The minimum atomic E-state index is 0.0133. The van der Waals surface area contributed by atoms with Gasteiger partial charge in [-0.25, -0.2) is 0 Å². The van der Waals surface area contributed by atoms with Gasteiger partial charge in [0.25, 0.3) is 0 Å². The van der Waals surface area contributed by atoms with E-state index >= 15 is 0 Å². The molecule has 2 aliphatic rings.